The number of imide groups is 1. The van der Waals surface area contributed by atoms with Gasteiger partial charge in [-0.1, -0.05) is 63.4 Å². The molecule has 0 spiro atoms. The smallest absolute Gasteiger partial charge is 0.338 e. The van der Waals surface area contributed by atoms with Crippen LogP contribution in [0.15, 0.2) is 54.6 Å². The lowest BCUT2D eigenvalue weighted by Gasteiger charge is -2.36. The van der Waals surface area contributed by atoms with E-state index in [-0.39, 0.29) is 12.6 Å². The van der Waals surface area contributed by atoms with Crippen molar-refractivity contribution in [1.82, 2.24) is 10.2 Å². The molecule has 3 amide bonds. The number of amides is 3. The normalized spacial score (nSPS) is 17.3. The van der Waals surface area contributed by atoms with E-state index in [2.05, 4.69) is 5.32 Å². The standard InChI is InChI=1S/C27H30N2O5/c1-27(2,17-29-24(31)20-15-9-10-16-21(20)25(29)32)22(23(30)28-19-13-7-4-8-14-19)34-26(33)18-11-5-3-6-12-18/h3,5-6,9-12,15-16,19,22H,4,7-8,13-14,17H2,1-2H3,(H,28,30). The zero-order chi connectivity index (χ0) is 24.3. The summed E-state index contributed by atoms with van der Waals surface area (Å²) in [5, 5.41) is 3.04. The summed E-state index contributed by atoms with van der Waals surface area (Å²) in [5.41, 5.74) is -0.0219. The lowest BCUT2D eigenvalue weighted by molar-refractivity contribution is -0.137. The van der Waals surface area contributed by atoms with Gasteiger partial charge in [0.15, 0.2) is 6.10 Å². The van der Waals surface area contributed by atoms with Crippen LogP contribution in [-0.2, 0) is 9.53 Å². The minimum atomic E-state index is -1.19. The third kappa shape index (κ3) is 4.88. The van der Waals surface area contributed by atoms with E-state index in [0.717, 1.165) is 37.0 Å². The highest BCUT2D eigenvalue weighted by atomic mass is 16.5. The lowest BCUT2D eigenvalue weighted by atomic mass is 9.84. The van der Waals surface area contributed by atoms with Crippen molar-refractivity contribution in [3.05, 3.63) is 71.3 Å². The molecule has 0 bridgehead atoms. The van der Waals surface area contributed by atoms with Crippen LogP contribution in [0, 0.1) is 5.41 Å². The molecule has 2 aromatic rings. The first-order valence-corrected chi connectivity index (χ1v) is 11.8. The zero-order valence-corrected chi connectivity index (χ0v) is 19.6. The largest absolute Gasteiger partial charge is 0.448 e. The van der Waals surface area contributed by atoms with Crippen LogP contribution in [0.2, 0.25) is 0 Å². The van der Waals surface area contributed by atoms with Crippen molar-refractivity contribution in [2.75, 3.05) is 6.54 Å². The van der Waals surface area contributed by atoms with Crippen molar-refractivity contribution in [1.29, 1.82) is 0 Å². The van der Waals surface area contributed by atoms with Gasteiger partial charge < -0.3 is 10.1 Å². The number of hydrogen-bond donors (Lipinski definition) is 1. The second-order valence-electron chi connectivity index (χ2n) is 9.73. The number of nitrogens with one attached hydrogen (secondary N) is 1. The topological polar surface area (TPSA) is 92.8 Å². The molecule has 4 rings (SSSR count). The van der Waals surface area contributed by atoms with Gasteiger partial charge in [0.1, 0.15) is 0 Å². The molecule has 1 N–H and O–H groups in total. The number of nitrogens with zero attached hydrogens (tertiary/aromatic N) is 1. The summed E-state index contributed by atoms with van der Waals surface area (Å²) in [4.78, 5) is 53.3. The average Bonchev–Trinajstić information content (AvgIpc) is 3.08. The second-order valence-corrected chi connectivity index (χ2v) is 9.73. The van der Waals surface area contributed by atoms with Crippen LogP contribution in [0.25, 0.3) is 0 Å². The molecule has 2 aliphatic rings. The van der Waals surface area contributed by atoms with Crippen LogP contribution < -0.4 is 5.32 Å². The summed E-state index contributed by atoms with van der Waals surface area (Å²) in [7, 11) is 0. The fourth-order valence-corrected chi connectivity index (χ4v) is 4.71. The zero-order valence-electron chi connectivity index (χ0n) is 19.6. The summed E-state index contributed by atoms with van der Waals surface area (Å²) in [6, 6.07) is 15.1. The van der Waals surface area contributed by atoms with E-state index in [0.29, 0.717) is 16.7 Å². The Morgan fingerprint density at radius 1 is 0.941 bits per heavy atom. The molecule has 7 heteroatoms. The highest BCUT2D eigenvalue weighted by molar-refractivity contribution is 6.21. The monoisotopic (exact) mass is 462 g/mol. The number of ether oxygens (including phenoxy) is 1. The molecule has 1 unspecified atom stereocenters. The number of benzene rings is 2. The van der Waals surface area contributed by atoms with Gasteiger partial charge in [-0.05, 0) is 37.1 Å². The second kappa shape index (κ2) is 9.79. The fraction of sp³-hybridized carbons (Fsp3) is 0.407. The molecule has 1 fully saturated rings. The maximum Gasteiger partial charge on any atom is 0.338 e. The van der Waals surface area contributed by atoms with Crippen LogP contribution in [0.4, 0.5) is 0 Å². The van der Waals surface area contributed by atoms with Gasteiger partial charge in [-0.15, -0.1) is 0 Å². The summed E-state index contributed by atoms with van der Waals surface area (Å²) < 4.78 is 5.76. The van der Waals surface area contributed by atoms with E-state index in [1.165, 1.54) is 0 Å². The van der Waals surface area contributed by atoms with Crippen molar-refractivity contribution in [2.45, 2.75) is 58.1 Å². The van der Waals surface area contributed by atoms with Gasteiger partial charge in [-0.25, -0.2) is 4.79 Å². The van der Waals surface area contributed by atoms with E-state index in [1.54, 1.807) is 68.4 Å². The van der Waals surface area contributed by atoms with Gasteiger partial charge in [0, 0.05) is 18.0 Å². The van der Waals surface area contributed by atoms with Crippen molar-refractivity contribution < 1.29 is 23.9 Å². The van der Waals surface area contributed by atoms with Crippen LogP contribution >= 0.6 is 0 Å². The number of fused-ring (bicyclic) bond motifs is 1. The molecule has 0 aromatic heterocycles. The average molecular weight is 463 g/mol. The Morgan fingerprint density at radius 2 is 1.50 bits per heavy atom. The molecule has 1 saturated carbocycles. The molecule has 0 radical (unpaired) electrons. The predicted octanol–water partition coefficient (Wildman–Crippen LogP) is 3.98. The van der Waals surface area contributed by atoms with Crippen LogP contribution in [-0.4, -0.2) is 47.3 Å². The van der Waals surface area contributed by atoms with Crippen LogP contribution in [0.1, 0.15) is 77.0 Å². The Bertz CT molecular complexity index is 1050. The van der Waals surface area contributed by atoms with E-state index in [1.807, 2.05) is 0 Å². The Morgan fingerprint density at radius 3 is 2.09 bits per heavy atom. The number of hydrogen-bond acceptors (Lipinski definition) is 5. The van der Waals surface area contributed by atoms with Crippen molar-refractivity contribution in [3.63, 3.8) is 0 Å². The Balaban J connectivity index is 1.57. The van der Waals surface area contributed by atoms with Gasteiger partial charge in [-0.2, -0.15) is 0 Å². The number of esters is 1. The molecular weight excluding hydrogens is 432 g/mol. The highest BCUT2D eigenvalue weighted by Gasteiger charge is 2.45. The van der Waals surface area contributed by atoms with Crippen LogP contribution in [0.5, 0.6) is 0 Å². The van der Waals surface area contributed by atoms with Crippen molar-refractivity contribution in [2.24, 2.45) is 5.41 Å². The van der Waals surface area contributed by atoms with Crippen molar-refractivity contribution >= 4 is 23.7 Å². The minimum Gasteiger partial charge on any atom is -0.448 e. The molecule has 2 aromatic carbocycles. The molecule has 0 saturated heterocycles. The van der Waals surface area contributed by atoms with Crippen molar-refractivity contribution in [3.8, 4) is 0 Å². The summed E-state index contributed by atoms with van der Waals surface area (Å²) in [5.74, 6) is -1.85. The van der Waals surface area contributed by atoms with Crippen LogP contribution in [0.3, 0.4) is 0 Å². The quantitative estimate of drug-likeness (QED) is 0.496. The molecule has 1 aliphatic heterocycles. The highest BCUT2D eigenvalue weighted by Crippen LogP contribution is 2.31. The molecule has 7 nitrogen and oxygen atoms in total. The van der Waals surface area contributed by atoms with Gasteiger partial charge in [-0.3, -0.25) is 19.3 Å². The third-order valence-electron chi connectivity index (χ3n) is 6.58. The van der Waals surface area contributed by atoms with Gasteiger partial charge in [0.05, 0.1) is 16.7 Å². The summed E-state index contributed by atoms with van der Waals surface area (Å²) in [6.07, 6.45) is 3.79. The molecule has 1 aliphatic carbocycles. The molecule has 34 heavy (non-hydrogen) atoms. The minimum absolute atomic E-state index is 0.0225. The maximum atomic E-state index is 13.4. The number of carbonyl (C=O) groups is 4. The SMILES string of the molecule is CC(C)(CN1C(=O)c2ccccc2C1=O)C(OC(=O)c1ccccc1)C(=O)NC1CCCCC1. The Kier molecular flexibility index (Phi) is 6.82. The first kappa shape index (κ1) is 23.7. The first-order valence-electron chi connectivity index (χ1n) is 11.8. The molecule has 1 atom stereocenters. The van der Waals surface area contributed by atoms with Gasteiger partial charge >= 0.3 is 5.97 Å². The third-order valence-corrected chi connectivity index (χ3v) is 6.58. The fourth-order valence-electron chi connectivity index (χ4n) is 4.71. The van der Waals surface area contributed by atoms with E-state index in [4.69, 9.17) is 4.74 Å². The number of carbonyl (C=O) groups excluding carboxylic acids is 4. The molecular formula is C27H30N2O5. The summed E-state index contributed by atoms with van der Waals surface area (Å²) >= 11 is 0. The predicted molar refractivity (Wildman–Crippen MR) is 126 cm³/mol. The van der Waals surface area contributed by atoms with E-state index < -0.39 is 35.2 Å². The van der Waals surface area contributed by atoms with Gasteiger partial charge in [0.2, 0.25) is 0 Å². The Labute approximate surface area is 199 Å². The lowest BCUT2D eigenvalue weighted by Crippen LogP contribution is -2.54. The molecule has 1 heterocycles. The maximum absolute atomic E-state index is 13.4. The number of rotatable bonds is 7. The van der Waals surface area contributed by atoms with E-state index >= 15 is 0 Å². The molecule has 178 valence electrons. The summed E-state index contributed by atoms with van der Waals surface area (Å²) in [6.45, 7) is 3.41. The Hall–Kier alpha value is -3.48. The van der Waals surface area contributed by atoms with Gasteiger partial charge in [0.25, 0.3) is 17.7 Å². The first-order chi connectivity index (χ1) is 16.3. The van der Waals surface area contributed by atoms with E-state index in [9.17, 15) is 19.2 Å².